The second-order valence-corrected chi connectivity index (χ2v) is 5.71. The maximum Gasteiger partial charge on any atom is 0.133 e. The normalized spacial score (nSPS) is 19.9. The average molecular weight is 287 g/mol. The Labute approximate surface area is 125 Å². The lowest BCUT2D eigenvalue weighted by atomic mass is 9.95. The summed E-state index contributed by atoms with van der Waals surface area (Å²) in [6, 6.07) is 15.1. The molecule has 1 atom stereocenters. The summed E-state index contributed by atoms with van der Waals surface area (Å²) < 4.78 is 0. The van der Waals surface area contributed by atoms with Gasteiger partial charge >= 0.3 is 0 Å². The highest BCUT2D eigenvalue weighted by atomic mass is 35.5. The van der Waals surface area contributed by atoms with Crippen LogP contribution in [0, 0.1) is 0 Å². The lowest BCUT2D eigenvalue weighted by molar-refractivity contribution is 0.140. The molecule has 3 rings (SSSR count). The largest absolute Gasteiger partial charge is 0.292 e. The summed E-state index contributed by atoms with van der Waals surface area (Å²) in [5.74, 6) is 0. The lowest BCUT2D eigenvalue weighted by Gasteiger charge is -2.36. The van der Waals surface area contributed by atoms with Gasteiger partial charge in [0.2, 0.25) is 0 Å². The summed E-state index contributed by atoms with van der Waals surface area (Å²) in [7, 11) is 0. The first kappa shape index (κ1) is 13.6. The molecule has 1 saturated heterocycles. The highest BCUT2D eigenvalue weighted by molar-refractivity contribution is 6.30. The molecular weight excluding hydrogens is 268 g/mol. The molecule has 1 fully saturated rings. The predicted molar refractivity (Wildman–Crippen MR) is 82.7 cm³/mol. The Balaban J connectivity index is 1.83. The van der Waals surface area contributed by atoms with Crippen LogP contribution in [0.2, 0.25) is 5.15 Å². The molecule has 0 radical (unpaired) electrons. The van der Waals surface area contributed by atoms with Gasteiger partial charge < -0.3 is 0 Å². The SMILES string of the molecule is Clc1ncccc1[C@H]1CCCCN1Cc1ccccc1. The Morgan fingerprint density at radius 2 is 1.95 bits per heavy atom. The number of pyridine rings is 1. The zero-order valence-corrected chi connectivity index (χ0v) is 12.3. The third-order valence-electron chi connectivity index (χ3n) is 3.99. The van der Waals surface area contributed by atoms with Crippen LogP contribution in [0.5, 0.6) is 0 Å². The van der Waals surface area contributed by atoms with Gasteiger partial charge in [0.15, 0.2) is 0 Å². The van der Waals surface area contributed by atoms with Crippen molar-refractivity contribution < 1.29 is 0 Å². The Morgan fingerprint density at radius 1 is 1.10 bits per heavy atom. The molecule has 0 bridgehead atoms. The fourth-order valence-electron chi connectivity index (χ4n) is 3.00. The van der Waals surface area contributed by atoms with E-state index in [9.17, 15) is 0 Å². The van der Waals surface area contributed by atoms with Gasteiger partial charge in [0, 0.05) is 24.3 Å². The zero-order chi connectivity index (χ0) is 13.8. The molecule has 0 amide bonds. The summed E-state index contributed by atoms with van der Waals surface area (Å²) in [5, 5.41) is 0.650. The number of piperidine rings is 1. The molecule has 2 nitrogen and oxygen atoms in total. The van der Waals surface area contributed by atoms with Gasteiger partial charge in [-0.15, -0.1) is 0 Å². The Hall–Kier alpha value is -1.38. The molecule has 20 heavy (non-hydrogen) atoms. The van der Waals surface area contributed by atoms with E-state index in [2.05, 4.69) is 46.3 Å². The molecule has 2 heterocycles. The molecule has 1 aliphatic rings. The van der Waals surface area contributed by atoms with Crippen molar-refractivity contribution in [3.05, 3.63) is 64.9 Å². The van der Waals surface area contributed by atoms with Crippen LogP contribution in [0.25, 0.3) is 0 Å². The Kier molecular flexibility index (Phi) is 4.34. The first-order valence-electron chi connectivity index (χ1n) is 7.23. The first-order valence-corrected chi connectivity index (χ1v) is 7.61. The minimum absolute atomic E-state index is 0.394. The van der Waals surface area contributed by atoms with Gasteiger partial charge in [-0.05, 0) is 31.0 Å². The van der Waals surface area contributed by atoms with Crippen molar-refractivity contribution in [3.8, 4) is 0 Å². The molecule has 1 aromatic heterocycles. The molecule has 0 N–H and O–H groups in total. The second-order valence-electron chi connectivity index (χ2n) is 5.35. The van der Waals surface area contributed by atoms with Crippen molar-refractivity contribution in [3.63, 3.8) is 0 Å². The van der Waals surface area contributed by atoms with Crippen molar-refractivity contribution in [2.75, 3.05) is 6.54 Å². The van der Waals surface area contributed by atoms with E-state index in [1.807, 2.05) is 6.07 Å². The van der Waals surface area contributed by atoms with Gasteiger partial charge in [-0.25, -0.2) is 4.98 Å². The van der Waals surface area contributed by atoms with Gasteiger partial charge in [-0.3, -0.25) is 4.90 Å². The van der Waals surface area contributed by atoms with Crippen molar-refractivity contribution >= 4 is 11.6 Å². The molecule has 104 valence electrons. The molecule has 1 aliphatic heterocycles. The van der Waals surface area contributed by atoms with E-state index in [4.69, 9.17) is 11.6 Å². The van der Waals surface area contributed by atoms with Gasteiger partial charge in [0.1, 0.15) is 5.15 Å². The van der Waals surface area contributed by atoms with Crippen LogP contribution in [-0.4, -0.2) is 16.4 Å². The van der Waals surface area contributed by atoms with Crippen LogP contribution in [0.3, 0.4) is 0 Å². The van der Waals surface area contributed by atoms with Crippen LogP contribution >= 0.6 is 11.6 Å². The Morgan fingerprint density at radius 3 is 2.75 bits per heavy atom. The second kappa shape index (κ2) is 6.38. The fraction of sp³-hybridized carbons (Fsp3) is 0.353. The summed E-state index contributed by atoms with van der Waals surface area (Å²) >= 11 is 6.29. The summed E-state index contributed by atoms with van der Waals surface area (Å²) in [4.78, 5) is 6.76. The number of nitrogens with zero attached hydrogens (tertiary/aromatic N) is 2. The fourth-order valence-corrected chi connectivity index (χ4v) is 3.24. The minimum atomic E-state index is 0.394. The van der Waals surface area contributed by atoms with Gasteiger partial charge in [-0.1, -0.05) is 54.4 Å². The van der Waals surface area contributed by atoms with Crippen molar-refractivity contribution in [2.24, 2.45) is 0 Å². The van der Waals surface area contributed by atoms with Gasteiger partial charge in [-0.2, -0.15) is 0 Å². The third-order valence-corrected chi connectivity index (χ3v) is 4.30. The average Bonchev–Trinajstić information content (AvgIpc) is 2.50. The minimum Gasteiger partial charge on any atom is -0.292 e. The standard InChI is InChI=1S/C17H19ClN2/c18-17-15(9-6-11-19-17)16-10-4-5-12-20(16)13-14-7-2-1-3-8-14/h1-3,6-9,11,16H,4-5,10,12-13H2/t16-/m1/s1. The van der Waals surface area contributed by atoms with Crippen molar-refractivity contribution in [1.29, 1.82) is 0 Å². The number of hydrogen-bond donors (Lipinski definition) is 0. The molecule has 0 spiro atoms. The quantitative estimate of drug-likeness (QED) is 0.774. The molecule has 1 aromatic carbocycles. The highest BCUT2D eigenvalue weighted by Crippen LogP contribution is 2.34. The predicted octanol–water partition coefficient (Wildman–Crippen LogP) is 4.46. The van der Waals surface area contributed by atoms with E-state index in [-0.39, 0.29) is 0 Å². The van der Waals surface area contributed by atoms with E-state index >= 15 is 0 Å². The summed E-state index contributed by atoms with van der Waals surface area (Å²) in [6.07, 6.45) is 5.46. The smallest absolute Gasteiger partial charge is 0.133 e. The Bertz CT molecular complexity index is 556. The van der Waals surface area contributed by atoms with E-state index in [1.54, 1.807) is 6.20 Å². The van der Waals surface area contributed by atoms with Gasteiger partial charge in [0.05, 0.1) is 0 Å². The van der Waals surface area contributed by atoms with Crippen LogP contribution in [0.4, 0.5) is 0 Å². The highest BCUT2D eigenvalue weighted by Gasteiger charge is 2.25. The van der Waals surface area contributed by atoms with E-state index in [0.29, 0.717) is 11.2 Å². The maximum atomic E-state index is 6.29. The first-order chi connectivity index (χ1) is 9.84. The van der Waals surface area contributed by atoms with Crippen molar-refractivity contribution in [1.82, 2.24) is 9.88 Å². The summed E-state index contributed by atoms with van der Waals surface area (Å²) in [6.45, 7) is 2.11. The van der Waals surface area contributed by atoms with Crippen LogP contribution in [0.15, 0.2) is 48.7 Å². The zero-order valence-electron chi connectivity index (χ0n) is 11.5. The number of likely N-dealkylation sites (tertiary alicyclic amines) is 1. The molecule has 3 heteroatoms. The molecular formula is C17H19ClN2. The van der Waals surface area contributed by atoms with Crippen LogP contribution in [0.1, 0.15) is 36.4 Å². The number of rotatable bonds is 3. The molecule has 0 unspecified atom stereocenters. The van der Waals surface area contributed by atoms with Crippen molar-refractivity contribution in [2.45, 2.75) is 31.8 Å². The number of aromatic nitrogens is 1. The van der Waals surface area contributed by atoms with E-state index in [1.165, 1.54) is 24.0 Å². The van der Waals surface area contributed by atoms with E-state index < -0.39 is 0 Å². The number of benzene rings is 1. The van der Waals surface area contributed by atoms with Gasteiger partial charge in [0.25, 0.3) is 0 Å². The third kappa shape index (κ3) is 3.02. The lowest BCUT2D eigenvalue weighted by Crippen LogP contribution is -2.33. The monoisotopic (exact) mass is 286 g/mol. The summed E-state index contributed by atoms with van der Waals surface area (Å²) in [5.41, 5.74) is 2.53. The number of hydrogen-bond acceptors (Lipinski definition) is 2. The topological polar surface area (TPSA) is 16.1 Å². The molecule has 2 aromatic rings. The molecule has 0 saturated carbocycles. The van der Waals surface area contributed by atoms with E-state index in [0.717, 1.165) is 19.5 Å². The molecule has 0 aliphatic carbocycles. The maximum absolute atomic E-state index is 6.29. The number of halogens is 1. The van der Waals surface area contributed by atoms with Crippen LogP contribution < -0.4 is 0 Å². The van der Waals surface area contributed by atoms with Crippen LogP contribution in [-0.2, 0) is 6.54 Å².